The van der Waals surface area contributed by atoms with Gasteiger partial charge < -0.3 is 29.5 Å². The monoisotopic (exact) mass is 278 g/mol. The first kappa shape index (κ1) is 27.2. The maximum Gasteiger partial charge on any atom is 3.00 e. The maximum absolute atomic E-state index is 9.56. The molecule has 0 N–H and O–H groups in total. The van der Waals surface area contributed by atoms with Crippen LogP contribution in [0.4, 0.5) is 0 Å². The average molecular weight is 278 g/mol. The van der Waals surface area contributed by atoms with E-state index in [1.54, 1.807) is 0 Å². The molecular formula is C12H27BO6. The van der Waals surface area contributed by atoms with E-state index >= 15 is 0 Å². The molecule has 0 aromatic rings. The molecule has 0 bridgehead atoms. The zero-order chi connectivity index (χ0) is 14.5. The molecule has 0 rings (SSSR count). The van der Waals surface area contributed by atoms with E-state index in [1.807, 2.05) is 20.8 Å². The molecule has 0 saturated carbocycles. The van der Waals surface area contributed by atoms with Crippen LogP contribution in [0.25, 0.3) is 0 Å². The Kier molecular flexibility index (Phi) is 51.7. The van der Waals surface area contributed by atoms with Crippen molar-refractivity contribution in [3.8, 4) is 0 Å². The first-order valence-corrected chi connectivity index (χ1v) is 6.22. The minimum absolute atomic E-state index is 0. The van der Waals surface area contributed by atoms with E-state index < -0.39 is 0 Å². The third-order valence-corrected chi connectivity index (χ3v) is 1.30. The molecule has 0 unspecified atom stereocenters. The number of ether oxygens (including phenoxy) is 3. The third-order valence-electron chi connectivity index (χ3n) is 1.30. The van der Waals surface area contributed by atoms with Crippen LogP contribution in [-0.2, 0) is 14.2 Å². The van der Waals surface area contributed by atoms with Crippen LogP contribution in [0.1, 0.15) is 20.8 Å². The van der Waals surface area contributed by atoms with Gasteiger partial charge in [-0.05, 0) is 20.8 Å². The standard InChI is InChI=1S/3C4H9O2.B/c3*1-2-6-4-3-5;/h3*2-4H2,1H3;/q3*-1;+3. The fourth-order valence-electron chi connectivity index (χ4n) is 0.610. The molecule has 0 amide bonds. The summed E-state index contributed by atoms with van der Waals surface area (Å²) in [6.07, 6.45) is 0. The van der Waals surface area contributed by atoms with E-state index in [9.17, 15) is 15.3 Å². The Morgan fingerprint density at radius 2 is 0.789 bits per heavy atom. The van der Waals surface area contributed by atoms with Crippen molar-refractivity contribution in [1.29, 1.82) is 0 Å². The molecule has 114 valence electrons. The minimum Gasteiger partial charge on any atom is -0.853 e. The molecule has 0 atom stereocenters. The van der Waals surface area contributed by atoms with Gasteiger partial charge in [-0.15, -0.1) is 19.8 Å². The van der Waals surface area contributed by atoms with Crippen molar-refractivity contribution in [2.45, 2.75) is 20.8 Å². The summed E-state index contributed by atoms with van der Waals surface area (Å²) in [5, 5.41) is 28.7. The summed E-state index contributed by atoms with van der Waals surface area (Å²) in [6, 6.07) is 0. The molecule has 7 heteroatoms. The van der Waals surface area contributed by atoms with E-state index in [0.717, 1.165) is 0 Å². The maximum atomic E-state index is 9.56. The zero-order valence-electron chi connectivity index (χ0n) is 12.4. The molecule has 6 nitrogen and oxygen atoms in total. The molecule has 0 saturated heterocycles. The molecule has 0 heterocycles. The first-order valence-electron chi connectivity index (χ1n) is 6.22. The molecule has 0 aliphatic carbocycles. The number of rotatable bonds is 9. The predicted molar refractivity (Wildman–Crippen MR) is 69.8 cm³/mol. The van der Waals surface area contributed by atoms with Gasteiger partial charge in [0.2, 0.25) is 0 Å². The number of hydrogen-bond donors (Lipinski definition) is 0. The largest absolute Gasteiger partial charge is 3.00 e. The van der Waals surface area contributed by atoms with Crippen LogP contribution in [0, 0.1) is 0 Å². The van der Waals surface area contributed by atoms with E-state index in [1.165, 1.54) is 0 Å². The Morgan fingerprint density at radius 3 is 0.842 bits per heavy atom. The molecule has 0 aliphatic heterocycles. The normalized spacial score (nSPS) is 8.53. The summed E-state index contributed by atoms with van der Waals surface area (Å²) >= 11 is 0. The second kappa shape index (κ2) is 36.1. The quantitative estimate of drug-likeness (QED) is 0.350. The summed E-state index contributed by atoms with van der Waals surface area (Å²) < 4.78 is 14.0. The fourth-order valence-corrected chi connectivity index (χ4v) is 0.610. The first-order chi connectivity index (χ1) is 8.74. The van der Waals surface area contributed by atoms with Crippen molar-refractivity contribution in [2.24, 2.45) is 0 Å². The van der Waals surface area contributed by atoms with Gasteiger partial charge in [-0.25, -0.2) is 0 Å². The molecule has 0 aromatic heterocycles. The summed E-state index contributed by atoms with van der Waals surface area (Å²) in [4.78, 5) is 0. The Balaban J connectivity index is -0.0000000865. The van der Waals surface area contributed by atoms with E-state index in [4.69, 9.17) is 0 Å². The Labute approximate surface area is 119 Å². The second-order valence-electron chi connectivity index (χ2n) is 2.70. The van der Waals surface area contributed by atoms with Crippen LogP contribution >= 0.6 is 0 Å². The molecule has 0 radical (unpaired) electrons. The van der Waals surface area contributed by atoms with Crippen molar-refractivity contribution < 1.29 is 29.5 Å². The topological polar surface area (TPSA) is 96.9 Å². The van der Waals surface area contributed by atoms with Crippen molar-refractivity contribution in [1.82, 2.24) is 0 Å². The summed E-state index contributed by atoms with van der Waals surface area (Å²) in [7, 11) is 0. The van der Waals surface area contributed by atoms with Crippen LogP contribution in [0.5, 0.6) is 0 Å². The average Bonchev–Trinajstić information content (AvgIpc) is 2.42. The Bertz CT molecular complexity index is 77.2. The predicted octanol–water partition coefficient (Wildman–Crippen LogP) is -2.23. The van der Waals surface area contributed by atoms with Gasteiger partial charge in [-0.3, -0.25) is 0 Å². The Hall–Kier alpha value is -0.175. The van der Waals surface area contributed by atoms with Gasteiger partial charge in [0.1, 0.15) is 0 Å². The van der Waals surface area contributed by atoms with Crippen LogP contribution in [0.3, 0.4) is 0 Å². The van der Waals surface area contributed by atoms with Crippen LogP contribution in [-0.4, -0.2) is 67.9 Å². The van der Waals surface area contributed by atoms with Gasteiger partial charge in [-0.1, -0.05) is 0 Å². The van der Waals surface area contributed by atoms with Crippen molar-refractivity contribution >= 4 is 8.41 Å². The SMILES string of the molecule is CCOCC[O-].CCOCC[O-].CCOCC[O-].[B+3]. The van der Waals surface area contributed by atoms with Crippen molar-refractivity contribution in [3.63, 3.8) is 0 Å². The van der Waals surface area contributed by atoms with Crippen LogP contribution < -0.4 is 15.3 Å². The number of hydrogen-bond acceptors (Lipinski definition) is 6. The Morgan fingerprint density at radius 1 is 0.579 bits per heavy atom. The molecule has 0 fully saturated rings. The van der Waals surface area contributed by atoms with Gasteiger partial charge in [-0.2, -0.15) is 0 Å². The van der Waals surface area contributed by atoms with Gasteiger partial charge >= 0.3 is 8.41 Å². The van der Waals surface area contributed by atoms with E-state index in [0.29, 0.717) is 39.6 Å². The zero-order valence-corrected chi connectivity index (χ0v) is 12.4. The molecule has 0 aromatic carbocycles. The minimum atomic E-state index is -0.117. The van der Waals surface area contributed by atoms with Gasteiger partial charge in [0.25, 0.3) is 0 Å². The summed E-state index contributed by atoms with van der Waals surface area (Å²) in [6.45, 7) is 8.30. The summed E-state index contributed by atoms with van der Waals surface area (Å²) in [5.74, 6) is 0. The third kappa shape index (κ3) is 57.3. The van der Waals surface area contributed by atoms with Crippen LogP contribution in [0.2, 0.25) is 0 Å². The fraction of sp³-hybridized carbons (Fsp3) is 1.00. The van der Waals surface area contributed by atoms with Crippen molar-refractivity contribution in [2.75, 3.05) is 59.5 Å². The molecular weight excluding hydrogens is 251 g/mol. The second-order valence-corrected chi connectivity index (χ2v) is 2.70. The molecule has 0 aliphatic rings. The van der Waals surface area contributed by atoms with Gasteiger partial charge in [0.15, 0.2) is 0 Å². The molecule has 0 spiro atoms. The van der Waals surface area contributed by atoms with E-state index in [-0.39, 0.29) is 28.2 Å². The van der Waals surface area contributed by atoms with Crippen LogP contribution in [0.15, 0.2) is 0 Å². The van der Waals surface area contributed by atoms with Gasteiger partial charge in [0, 0.05) is 39.6 Å². The van der Waals surface area contributed by atoms with Crippen molar-refractivity contribution in [3.05, 3.63) is 0 Å². The van der Waals surface area contributed by atoms with E-state index in [2.05, 4.69) is 14.2 Å². The van der Waals surface area contributed by atoms with Gasteiger partial charge in [0.05, 0.1) is 0 Å². The summed E-state index contributed by atoms with van der Waals surface area (Å²) in [5.41, 5.74) is 0. The smallest absolute Gasteiger partial charge is 0.853 e. The molecule has 19 heavy (non-hydrogen) atoms.